The van der Waals surface area contributed by atoms with Crippen LogP contribution in [0.5, 0.6) is 0 Å². The number of carboxylic acids is 1. The van der Waals surface area contributed by atoms with E-state index in [4.69, 9.17) is 4.55 Å². The van der Waals surface area contributed by atoms with E-state index < -0.39 is 110 Å². The fourth-order valence-electron chi connectivity index (χ4n) is 3.62. The predicted molar refractivity (Wildman–Crippen MR) is 163 cm³/mol. The SMILES string of the molecule is Cc1ccc(NN=c2c(C(=O)O)cc(=O)c(=NNc3ccc(C(=O)NCCS(=O)(=O)CCOS(=O)(=O)O)cc3S(=O)(=O)O)c2=O)cc1. The molecule has 0 bridgehead atoms. The monoisotopic (exact) mass is 715 g/mol. The molecule has 0 saturated heterocycles. The molecule has 0 unspecified atom stereocenters. The predicted octanol–water partition coefficient (Wildman–Crippen LogP) is -1.64. The number of carbonyl (C=O) groups excluding carboxylic acids is 1. The number of aromatic carboxylic acids is 1. The van der Waals surface area contributed by atoms with Crippen molar-refractivity contribution in [3.8, 4) is 0 Å². The first-order valence-electron chi connectivity index (χ1n) is 12.8. The smallest absolute Gasteiger partial charge is 0.397 e. The van der Waals surface area contributed by atoms with Gasteiger partial charge in [0.05, 0.1) is 35.1 Å². The third kappa shape index (κ3) is 10.6. The minimum atomic E-state index is -5.09. The first-order valence-corrected chi connectivity index (χ1v) is 17.4. The summed E-state index contributed by atoms with van der Waals surface area (Å²) in [5.41, 5.74) is 1.84. The highest BCUT2D eigenvalue weighted by Gasteiger charge is 2.20. The van der Waals surface area contributed by atoms with E-state index in [0.29, 0.717) is 17.8 Å². The fourth-order valence-corrected chi connectivity index (χ4v) is 5.64. The average molecular weight is 716 g/mol. The molecule has 0 saturated carbocycles. The van der Waals surface area contributed by atoms with Gasteiger partial charge >= 0.3 is 16.4 Å². The molecule has 3 aromatic rings. The van der Waals surface area contributed by atoms with E-state index in [2.05, 4.69) is 30.6 Å². The van der Waals surface area contributed by atoms with Crippen molar-refractivity contribution >= 4 is 53.6 Å². The van der Waals surface area contributed by atoms with E-state index in [1.54, 1.807) is 24.3 Å². The van der Waals surface area contributed by atoms with Crippen LogP contribution in [0.3, 0.4) is 0 Å². The number of hydrogen-bond donors (Lipinski definition) is 6. The quantitative estimate of drug-likeness (QED) is 0.0805. The molecule has 3 rings (SSSR count). The number of anilines is 2. The van der Waals surface area contributed by atoms with Crippen molar-refractivity contribution in [1.82, 2.24) is 5.32 Å². The van der Waals surface area contributed by atoms with E-state index in [1.807, 2.05) is 6.92 Å². The molecule has 1 amide bonds. The number of sulfone groups is 1. The Hall–Kier alpha value is -4.87. The number of nitrogens with one attached hydrogen (secondary N) is 3. The Kier molecular flexibility index (Phi) is 11.4. The van der Waals surface area contributed by atoms with Gasteiger partial charge in [-0.25, -0.2) is 17.4 Å². The number of amides is 1. The summed E-state index contributed by atoms with van der Waals surface area (Å²) < 4.78 is 91.3. The van der Waals surface area contributed by atoms with Gasteiger partial charge in [0, 0.05) is 18.2 Å². The van der Waals surface area contributed by atoms with Crippen LogP contribution < -0.4 is 37.7 Å². The second kappa shape index (κ2) is 14.7. The molecule has 0 aliphatic heterocycles. The summed E-state index contributed by atoms with van der Waals surface area (Å²) in [6.07, 6.45) is 0. The third-order valence-corrected chi connectivity index (χ3v) is 8.88. The molecule has 22 heteroatoms. The van der Waals surface area contributed by atoms with Crippen LogP contribution in [0.4, 0.5) is 11.4 Å². The zero-order chi connectivity index (χ0) is 35.2. The van der Waals surface area contributed by atoms with Gasteiger partial charge in [0.2, 0.25) is 10.9 Å². The molecule has 0 radical (unpaired) electrons. The minimum absolute atomic E-state index is 0.378. The van der Waals surface area contributed by atoms with Gasteiger partial charge in [-0.1, -0.05) is 17.7 Å². The highest BCUT2D eigenvalue weighted by atomic mass is 32.3. The maximum atomic E-state index is 13.1. The number of rotatable bonds is 14. The Morgan fingerprint density at radius 3 is 2.09 bits per heavy atom. The first kappa shape index (κ1) is 36.6. The number of carboxylic acid groups (broad SMARTS) is 1. The van der Waals surface area contributed by atoms with Crippen molar-refractivity contribution < 1.29 is 53.2 Å². The van der Waals surface area contributed by atoms with Crippen molar-refractivity contribution in [1.29, 1.82) is 0 Å². The van der Waals surface area contributed by atoms with E-state index in [-0.39, 0.29) is 0 Å². The summed E-state index contributed by atoms with van der Waals surface area (Å²) in [5, 5.41) is 17.5. The lowest BCUT2D eigenvalue weighted by Gasteiger charge is -2.10. The fraction of sp³-hybridized carbons (Fsp3) is 0.200. The van der Waals surface area contributed by atoms with Crippen molar-refractivity contribution in [3.63, 3.8) is 0 Å². The van der Waals surface area contributed by atoms with Crippen LogP contribution in [0.2, 0.25) is 0 Å². The van der Waals surface area contributed by atoms with Crippen LogP contribution in [-0.2, 0) is 34.5 Å². The minimum Gasteiger partial charge on any atom is -0.478 e. The zero-order valence-electron chi connectivity index (χ0n) is 23.9. The second-order valence-electron chi connectivity index (χ2n) is 9.41. The number of nitrogens with zero attached hydrogens (tertiary/aromatic N) is 2. The largest absolute Gasteiger partial charge is 0.478 e. The van der Waals surface area contributed by atoms with Crippen LogP contribution in [-0.4, -0.2) is 76.0 Å². The van der Waals surface area contributed by atoms with Crippen LogP contribution in [0.25, 0.3) is 0 Å². The highest BCUT2D eigenvalue weighted by Crippen LogP contribution is 2.22. The summed E-state index contributed by atoms with van der Waals surface area (Å²) in [4.78, 5) is 48.9. The molecule has 0 aliphatic carbocycles. The third-order valence-electron chi connectivity index (χ3n) is 5.91. The van der Waals surface area contributed by atoms with E-state index in [0.717, 1.165) is 17.7 Å². The van der Waals surface area contributed by atoms with E-state index in [9.17, 15) is 54.1 Å². The van der Waals surface area contributed by atoms with Gasteiger partial charge in [-0.05, 0) is 37.3 Å². The molecular weight excluding hydrogens is 690 g/mol. The summed E-state index contributed by atoms with van der Waals surface area (Å²) >= 11 is 0. The van der Waals surface area contributed by atoms with Gasteiger partial charge in [-0.15, -0.1) is 0 Å². The van der Waals surface area contributed by atoms with Crippen molar-refractivity contribution in [2.75, 3.05) is 35.5 Å². The topological polar surface area (TPSA) is 301 Å². The molecule has 0 aromatic heterocycles. The molecule has 252 valence electrons. The van der Waals surface area contributed by atoms with Gasteiger partial charge < -0.3 is 10.4 Å². The van der Waals surface area contributed by atoms with Crippen molar-refractivity contribution in [2.45, 2.75) is 11.8 Å². The Balaban J connectivity index is 1.89. The van der Waals surface area contributed by atoms with Crippen molar-refractivity contribution in [2.24, 2.45) is 10.2 Å². The first-order chi connectivity index (χ1) is 21.8. The van der Waals surface area contributed by atoms with Gasteiger partial charge in [0.1, 0.15) is 10.3 Å². The molecule has 3 aromatic carbocycles. The second-order valence-corrected chi connectivity index (χ2v) is 14.2. The maximum absolute atomic E-state index is 13.1. The maximum Gasteiger partial charge on any atom is 0.397 e. The Bertz CT molecular complexity index is 2260. The molecule has 47 heavy (non-hydrogen) atoms. The van der Waals surface area contributed by atoms with E-state index in [1.165, 1.54) is 0 Å². The van der Waals surface area contributed by atoms with Crippen LogP contribution >= 0.6 is 0 Å². The molecule has 0 heterocycles. The molecule has 19 nitrogen and oxygen atoms in total. The molecule has 0 atom stereocenters. The molecule has 0 fully saturated rings. The van der Waals surface area contributed by atoms with Crippen LogP contribution in [0, 0.1) is 6.92 Å². The molecule has 0 aliphatic rings. The highest BCUT2D eigenvalue weighted by molar-refractivity contribution is 7.91. The van der Waals surface area contributed by atoms with Gasteiger partial charge in [-0.3, -0.25) is 34.3 Å². The van der Waals surface area contributed by atoms with Gasteiger partial charge in [0.15, 0.2) is 15.2 Å². The number of benzene rings is 3. The molecule has 6 N–H and O–H groups in total. The number of hydrogen-bond acceptors (Lipinski definition) is 15. The lowest BCUT2D eigenvalue weighted by atomic mass is 10.2. The summed E-state index contributed by atoms with van der Waals surface area (Å²) in [7, 11) is -13.9. The van der Waals surface area contributed by atoms with Crippen LogP contribution in [0.15, 0.2) is 73.2 Å². The lowest BCUT2D eigenvalue weighted by Crippen LogP contribution is -2.50. The van der Waals surface area contributed by atoms with Gasteiger partial charge in [0.25, 0.3) is 16.0 Å². The summed E-state index contributed by atoms with van der Waals surface area (Å²) in [5.74, 6) is -4.15. The zero-order valence-corrected chi connectivity index (χ0v) is 26.3. The normalized spacial score (nSPS) is 12.9. The number of aryl methyl sites for hydroxylation is 1. The Morgan fingerprint density at radius 1 is 0.851 bits per heavy atom. The summed E-state index contributed by atoms with van der Waals surface area (Å²) in [6, 6.07) is 9.80. The molecular formula is C25H25N5O14S3. The Morgan fingerprint density at radius 2 is 1.49 bits per heavy atom. The lowest BCUT2D eigenvalue weighted by molar-refractivity contribution is 0.0694. The van der Waals surface area contributed by atoms with Gasteiger partial charge in [-0.2, -0.15) is 27.0 Å². The van der Waals surface area contributed by atoms with Crippen molar-refractivity contribution in [3.05, 3.63) is 96.4 Å². The average Bonchev–Trinajstić information content (AvgIpc) is 2.95. The molecule has 0 spiro atoms. The van der Waals surface area contributed by atoms with Crippen LogP contribution in [0.1, 0.15) is 26.3 Å². The standard InChI is InChI=1S/C25H25N5O14S3/c1-14-2-5-16(6-3-14)27-29-21-17(25(34)35)13-19(31)22(23(21)32)30-28-18-7-4-15(12-20(18)46(38,39)40)24(33)26-8-10-45(36,37)11-9-44-47(41,42)43/h2-7,12-13,27-28H,8-11H2,1H3,(H,26,33)(H,34,35)(H,38,39,40)(H,41,42,43). The summed E-state index contributed by atoms with van der Waals surface area (Å²) in [6.45, 7) is 0.428. The van der Waals surface area contributed by atoms with E-state index >= 15 is 0 Å². The number of carbonyl (C=O) groups is 2. The Labute approximate surface area is 265 Å².